The summed E-state index contributed by atoms with van der Waals surface area (Å²) in [6.45, 7) is 6.39. The maximum Gasteiger partial charge on any atom is 0.149 e. The fourth-order valence-electron chi connectivity index (χ4n) is 1.79. The molecule has 0 saturated heterocycles. The van der Waals surface area contributed by atoms with Crippen LogP contribution in [-0.4, -0.2) is 22.3 Å². The standard InChI is InChI=1S/C11H14BrN3O/c1-11(2,3)9(16)6-4-13-10-8(6)15-7(12)5-14-10/h5-6H,4H2,1-3H3,(H,13,14). The van der Waals surface area contributed by atoms with Gasteiger partial charge in [0.1, 0.15) is 16.2 Å². The van der Waals surface area contributed by atoms with Gasteiger partial charge in [-0.05, 0) is 15.9 Å². The molecule has 0 fully saturated rings. The van der Waals surface area contributed by atoms with Gasteiger partial charge in [0.15, 0.2) is 0 Å². The van der Waals surface area contributed by atoms with Gasteiger partial charge in [-0.15, -0.1) is 0 Å². The molecule has 5 heteroatoms. The Kier molecular flexibility index (Phi) is 2.74. The second kappa shape index (κ2) is 3.80. The molecule has 1 aromatic heterocycles. The van der Waals surface area contributed by atoms with Gasteiger partial charge in [-0.25, -0.2) is 9.97 Å². The van der Waals surface area contributed by atoms with Crippen LogP contribution in [0.25, 0.3) is 0 Å². The van der Waals surface area contributed by atoms with Crippen molar-refractivity contribution in [1.82, 2.24) is 9.97 Å². The first-order valence-corrected chi connectivity index (χ1v) is 5.99. The monoisotopic (exact) mass is 283 g/mol. The zero-order valence-corrected chi connectivity index (χ0v) is 11.1. The molecule has 1 N–H and O–H groups in total. The highest BCUT2D eigenvalue weighted by Crippen LogP contribution is 2.34. The predicted molar refractivity (Wildman–Crippen MR) is 65.4 cm³/mol. The fourth-order valence-corrected chi connectivity index (χ4v) is 2.09. The topological polar surface area (TPSA) is 54.9 Å². The van der Waals surface area contributed by atoms with Gasteiger partial charge < -0.3 is 5.32 Å². The van der Waals surface area contributed by atoms with Crippen LogP contribution in [-0.2, 0) is 4.79 Å². The predicted octanol–water partition coefficient (Wildman–Crippen LogP) is 2.36. The second-order valence-electron chi connectivity index (χ2n) is 4.97. The van der Waals surface area contributed by atoms with E-state index in [0.717, 1.165) is 11.5 Å². The Balaban J connectivity index is 2.37. The molecule has 1 unspecified atom stereocenters. The van der Waals surface area contributed by atoms with Gasteiger partial charge in [-0.2, -0.15) is 0 Å². The lowest BCUT2D eigenvalue weighted by molar-refractivity contribution is -0.127. The first-order chi connectivity index (χ1) is 7.39. The lowest BCUT2D eigenvalue weighted by atomic mass is 9.82. The number of anilines is 1. The third kappa shape index (κ3) is 1.96. The zero-order chi connectivity index (χ0) is 11.9. The largest absolute Gasteiger partial charge is 0.367 e. The summed E-state index contributed by atoms with van der Waals surface area (Å²) >= 11 is 3.28. The summed E-state index contributed by atoms with van der Waals surface area (Å²) in [5, 5.41) is 3.12. The van der Waals surface area contributed by atoms with Crippen LogP contribution in [0.15, 0.2) is 10.8 Å². The first kappa shape index (κ1) is 11.5. The quantitative estimate of drug-likeness (QED) is 0.860. The number of Topliss-reactive ketones (excluding diaryl/α,β-unsaturated/α-hetero) is 1. The molecule has 0 saturated carbocycles. The maximum atomic E-state index is 12.2. The van der Waals surface area contributed by atoms with Gasteiger partial charge in [-0.1, -0.05) is 20.8 Å². The number of carbonyl (C=O) groups is 1. The van der Waals surface area contributed by atoms with Crippen molar-refractivity contribution in [3.05, 3.63) is 16.5 Å². The number of hydrogen-bond donors (Lipinski definition) is 1. The van der Waals surface area contributed by atoms with Crippen molar-refractivity contribution in [3.63, 3.8) is 0 Å². The lowest BCUT2D eigenvalue weighted by Crippen LogP contribution is -2.28. The minimum atomic E-state index is -0.349. The van der Waals surface area contributed by atoms with Crippen molar-refractivity contribution < 1.29 is 4.79 Å². The number of nitrogens with one attached hydrogen (secondary N) is 1. The average molecular weight is 284 g/mol. The fraction of sp³-hybridized carbons (Fsp3) is 0.545. The Hall–Kier alpha value is -0.970. The van der Waals surface area contributed by atoms with E-state index in [2.05, 4.69) is 31.2 Å². The highest BCUT2D eigenvalue weighted by Gasteiger charge is 2.36. The third-order valence-corrected chi connectivity index (χ3v) is 3.01. The molecule has 0 aromatic carbocycles. The van der Waals surface area contributed by atoms with Crippen LogP contribution in [0.4, 0.5) is 5.82 Å². The number of carbonyl (C=O) groups excluding carboxylic acids is 1. The Morgan fingerprint density at radius 3 is 2.88 bits per heavy atom. The Morgan fingerprint density at radius 2 is 2.25 bits per heavy atom. The molecule has 2 rings (SSSR count). The maximum absolute atomic E-state index is 12.2. The van der Waals surface area contributed by atoms with Crippen molar-refractivity contribution in [2.75, 3.05) is 11.9 Å². The van der Waals surface area contributed by atoms with Crippen molar-refractivity contribution >= 4 is 27.5 Å². The Labute approximate surface area is 103 Å². The summed E-state index contributed by atoms with van der Waals surface area (Å²) in [6, 6.07) is 0. The molecule has 0 amide bonds. The van der Waals surface area contributed by atoms with Crippen molar-refractivity contribution in [3.8, 4) is 0 Å². The molecule has 4 nitrogen and oxygen atoms in total. The summed E-state index contributed by atoms with van der Waals surface area (Å²) in [5.41, 5.74) is 0.409. The van der Waals surface area contributed by atoms with Crippen LogP contribution >= 0.6 is 15.9 Å². The van der Waals surface area contributed by atoms with Gasteiger partial charge >= 0.3 is 0 Å². The van der Waals surface area contributed by atoms with Gasteiger partial charge in [-0.3, -0.25) is 4.79 Å². The first-order valence-electron chi connectivity index (χ1n) is 5.20. The summed E-state index contributed by atoms with van der Waals surface area (Å²) in [4.78, 5) is 20.8. The number of halogens is 1. The Bertz CT molecular complexity index is 439. The number of aromatic nitrogens is 2. The van der Waals surface area contributed by atoms with Crippen LogP contribution in [0.2, 0.25) is 0 Å². The smallest absolute Gasteiger partial charge is 0.149 e. The summed E-state index contributed by atoms with van der Waals surface area (Å²) in [7, 11) is 0. The third-order valence-electron chi connectivity index (χ3n) is 2.63. The molecule has 0 aliphatic carbocycles. The van der Waals surface area contributed by atoms with Crippen LogP contribution < -0.4 is 5.32 Å². The SMILES string of the molecule is CC(C)(C)C(=O)C1CNc2ncc(Br)nc21. The second-order valence-corrected chi connectivity index (χ2v) is 5.79. The van der Waals surface area contributed by atoms with Crippen LogP contribution in [0.5, 0.6) is 0 Å². The van der Waals surface area contributed by atoms with E-state index in [1.54, 1.807) is 6.20 Å². The summed E-state index contributed by atoms with van der Waals surface area (Å²) in [6.07, 6.45) is 1.63. The van der Waals surface area contributed by atoms with Crippen molar-refractivity contribution in [1.29, 1.82) is 0 Å². The minimum absolute atomic E-state index is 0.181. The molecule has 0 spiro atoms. The van der Waals surface area contributed by atoms with E-state index in [9.17, 15) is 4.79 Å². The van der Waals surface area contributed by atoms with Gasteiger partial charge in [0.25, 0.3) is 0 Å². The van der Waals surface area contributed by atoms with Gasteiger partial charge in [0.05, 0.1) is 17.8 Å². The van der Waals surface area contributed by atoms with Crippen LogP contribution in [0, 0.1) is 5.41 Å². The molecule has 1 aliphatic heterocycles. The van der Waals surface area contributed by atoms with Crippen molar-refractivity contribution in [2.24, 2.45) is 5.41 Å². The number of ketones is 1. The van der Waals surface area contributed by atoms with E-state index >= 15 is 0 Å². The van der Waals surface area contributed by atoms with E-state index in [-0.39, 0.29) is 17.1 Å². The molecule has 86 valence electrons. The molecule has 2 heterocycles. The molecule has 0 bridgehead atoms. The minimum Gasteiger partial charge on any atom is -0.367 e. The van der Waals surface area contributed by atoms with Gasteiger partial charge in [0.2, 0.25) is 0 Å². The van der Waals surface area contributed by atoms with E-state index < -0.39 is 0 Å². The number of fused-ring (bicyclic) bond motifs is 1. The molecule has 1 aliphatic rings. The van der Waals surface area contributed by atoms with E-state index in [0.29, 0.717) is 11.1 Å². The number of rotatable bonds is 1. The van der Waals surface area contributed by atoms with Crippen LogP contribution in [0.1, 0.15) is 32.4 Å². The highest BCUT2D eigenvalue weighted by atomic mass is 79.9. The van der Waals surface area contributed by atoms with Crippen LogP contribution in [0.3, 0.4) is 0 Å². The van der Waals surface area contributed by atoms with E-state index in [1.807, 2.05) is 20.8 Å². The molecule has 1 aromatic rings. The summed E-state index contributed by atoms with van der Waals surface area (Å²) < 4.78 is 0.668. The van der Waals surface area contributed by atoms with Crippen molar-refractivity contribution in [2.45, 2.75) is 26.7 Å². The number of hydrogen-bond acceptors (Lipinski definition) is 4. The van der Waals surface area contributed by atoms with E-state index in [1.165, 1.54) is 0 Å². The summed E-state index contributed by atoms with van der Waals surface area (Å²) in [5.74, 6) is 0.747. The number of nitrogens with zero attached hydrogens (tertiary/aromatic N) is 2. The molecule has 1 atom stereocenters. The molecule has 16 heavy (non-hydrogen) atoms. The normalized spacial score (nSPS) is 19.1. The molecular formula is C11H14BrN3O. The highest BCUT2D eigenvalue weighted by molar-refractivity contribution is 9.10. The average Bonchev–Trinajstić information content (AvgIpc) is 2.57. The zero-order valence-electron chi connectivity index (χ0n) is 9.54. The lowest BCUT2D eigenvalue weighted by Gasteiger charge is -2.20. The van der Waals surface area contributed by atoms with Gasteiger partial charge in [0, 0.05) is 12.0 Å². The molecule has 0 radical (unpaired) electrons. The Morgan fingerprint density at radius 1 is 1.56 bits per heavy atom. The van der Waals surface area contributed by atoms with E-state index in [4.69, 9.17) is 0 Å². The molecular weight excluding hydrogens is 270 g/mol.